The smallest absolute Gasteiger partial charge is 0.238 e. The molecule has 8 heteroatoms. The Balaban J connectivity index is 1.25. The van der Waals surface area contributed by atoms with Crippen LogP contribution in [0.25, 0.3) is 10.9 Å². The van der Waals surface area contributed by atoms with Crippen molar-refractivity contribution in [1.29, 1.82) is 0 Å². The Morgan fingerprint density at radius 3 is 2.70 bits per heavy atom. The molecule has 33 heavy (non-hydrogen) atoms. The number of hydrogen-bond donors (Lipinski definition) is 3. The van der Waals surface area contributed by atoms with E-state index >= 15 is 0 Å². The number of piperidine rings is 1. The molecule has 1 aliphatic heterocycles. The third-order valence-electron chi connectivity index (χ3n) is 6.11. The van der Waals surface area contributed by atoms with Crippen LogP contribution < -0.4 is 20.7 Å². The highest BCUT2D eigenvalue weighted by Crippen LogP contribution is 2.27. The maximum atomic E-state index is 12.2. The summed E-state index contributed by atoms with van der Waals surface area (Å²) in [4.78, 5) is 18.9. The molecule has 174 valence electrons. The first kappa shape index (κ1) is 23.6. The lowest BCUT2D eigenvalue weighted by Gasteiger charge is -2.33. The number of β-amino-alcohol motifs (C(OH)–C–C–N with tert-alkyl or cyclic N) is 1. The summed E-state index contributed by atoms with van der Waals surface area (Å²) in [6, 6.07) is 15.6. The van der Waals surface area contributed by atoms with Crippen molar-refractivity contribution >= 4 is 37.0 Å². The molecular formula is C25H31N4O3P. The van der Waals surface area contributed by atoms with E-state index < -0.39 is 6.10 Å². The Hall–Kier alpha value is -2.57. The number of methoxy groups -OCH3 is 1. The van der Waals surface area contributed by atoms with Crippen LogP contribution in [0, 0.1) is 0 Å². The molecule has 2 aromatic carbocycles. The van der Waals surface area contributed by atoms with Crippen molar-refractivity contribution < 1.29 is 14.6 Å². The molecule has 1 aliphatic rings. The summed E-state index contributed by atoms with van der Waals surface area (Å²) in [7, 11) is 4.27. The standard InChI is InChI=1S/C25H31N4O3P/c1-32-19-4-7-23-22(14-19)21(8-11-26-23)24(30)16-29-12-9-17(10-13-29)27-15-25(31)28-18-2-5-20(33)6-3-18/h2-8,11,14,17,24,27,30H,9-10,12-13,15-16,33H2,1H3,(H,28,31). The van der Waals surface area contributed by atoms with Gasteiger partial charge in [-0.15, -0.1) is 9.24 Å². The first-order valence-electron chi connectivity index (χ1n) is 11.2. The Morgan fingerprint density at radius 2 is 1.97 bits per heavy atom. The monoisotopic (exact) mass is 466 g/mol. The van der Waals surface area contributed by atoms with Crippen LogP contribution in [0.15, 0.2) is 54.7 Å². The lowest BCUT2D eigenvalue weighted by Crippen LogP contribution is -2.45. The van der Waals surface area contributed by atoms with E-state index in [9.17, 15) is 9.90 Å². The zero-order valence-corrected chi connectivity index (χ0v) is 20.0. The highest BCUT2D eigenvalue weighted by atomic mass is 31.0. The van der Waals surface area contributed by atoms with E-state index in [0.29, 0.717) is 19.1 Å². The van der Waals surface area contributed by atoms with Gasteiger partial charge in [0.1, 0.15) is 5.75 Å². The molecule has 7 nitrogen and oxygen atoms in total. The number of aliphatic hydroxyl groups excluding tert-OH is 1. The van der Waals surface area contributed by atoms with E-state index in [1.165, 1.54) is 0 Å². The Kier molecular flexibility index (Phi) is 7.89. The van der Waals surface area contributed by atoms with Gasteiger partial charge in [-0.1, -0.05) is 12.1 Å². The van der Waals surface area contributed by atoms with Crippen LogP contribution in [-0.4, -0.2) is 60.2 Å². The molecular weight excluding hydrogens is 435 g/mol. The summed E-state index contributed by atoms with van der Waals surface area (Å²) in [5.41, 5.74) is 2.52. The topological polar surface area (TPSA) is 86.7 Å². The van der Waals surface area contributed by atoms with Gasteiger partial charge in [0.2, 0.25) is 5.91 Å². The van der Waals surface area contributed by atoms with Crippen LogP contribution in [0.1, 0.15) is 24.5 Å². The minimum absolute atomic E-state index is 0.0376. The number of ether oxygens (including phenoxy) is 1. The van der Waals surface area contributed by atoms with Gasteiger partial charge >= 0.3 is 0 Å². The quantitative estimate of drug-likeness (QED) is 0.442. The SMILES string of the molecule is COc1ccc2nccc(C(O)CN3CCC(NCC(=O)Nc4ccc(P)cc4)CC3)c2c1. The number of aliphatic hydroxyl groups is 1. The number of pyridine rings is 1. The molecule has 4 rings (SSSR count). The average Bonchev–Trinajstić information content (AvgIpc) is 2.84. The van der Waals surface area contributed by atoms with Crippen molar-refractivity contribution in [3.05, 3.63) is 60.3 Å². The molecule has 0 aliphatic carbocycles. The van der Waals surface area contributed by atoms with Gasteiger partial charge in [0.05, 0.1) is 25.3 Å². The molecule has 0 saturated carbocycles. The first-order chi connectivity index (χ1) is 16.0. The van der Waals surface area contributed by atoms with Crippen LogP contribution in [0.3, 0.4) is 0 Å². The third kappa shape index (κ3) is 6.27. The van der Waals surface area contributed by atoms with E-state index in [2.05, 4.69) is 29.8 Å². The van der Waals surface area contributed by atoms with Crippen molar-refractivity contribution in [1.82, 2.24) is 15.2 Å². The second-order valence-corrected chi connectivity index (χ2v) is 9.09. The molecule has 2 heterocycles. The molecule has 0 bridgehead atoms. The van der Waals surface area contributed by atoms with Gasteiger partial charge in [0, 0.05) is 29.9 Å². The van der Waals surface area contributed by atoms with Gasteiger partial charge in [-0.25, -0.2) is 0 Å². The van der Waals surface area contributed by atoms with Gasteiger partial charge in [-0.3, -0.25) is 9.78 Å². The summed E-state index contributed by atoms with van der Waals surface area (Å²) >= 11 is 0. The van der Waals surface area contributed by atoms with E-state index in [0.717, 1.165) is 59.1 Å². The molecule has 1 aromatic heterocycles. The number of aromatic nitrogens is 1. The molecule has 3 aromatic rings. The van der Waals surface area contributed by atoms with Gasteiger partial charge in [-0.05, 0) is 73.2 Å². The molecule has 2 unspecified atom stereocenters. The van der Waals surface area contributed by atoms with Crippen molar-refractivity contribution in [3.63, 3.8) is 0 Å². The average molecular weight is 467 g/mol. The molecule has 0 spiro atoms. The first-order valence-corrected chi connectivity index (χ1v) is 11.8. The number of amides is 1. The Labute approximate surface area is 196 Å². The van der Waals surface area contributed by atoms with Crippen molar-refractivity contribution in [3.8, 4) is 5.75 Å². The molecule has 1 saturated heterocycles. The summed E-state index contributed by atoms with van der Waals surface area (Å²) in [5.74, 6) is 0.714. The van der Waals surface area contributed by atoms with Gasteiger partial charge in [0.25, 0.3) is 0 Å². The number of nitrogens with zero attached hydrogens (tertiary/aromatic N) is 2. The Morgan fingerprint density at radius 1 is 1.21 bits per heavy atom. The fraction of sp³-hybridized carbons (Fsp3) is 0.360. The minimum Gasteiger partial charge on any atom is -0.497 e. The number of nitrogens with one attached hydrogen (secondary N) is 2. The van der Waals surface area contributed by atoms with Crippen molar-refractivity contribution in [2.24, 2.45) is 0 Å². The van der Waals surface area contributed by atoms with E-state index in [1.54, 1.807) is 13.3 Å². The van der Waals surface area contributed by atoms with Crippen LogP contribution in [0.5, 0.6) is 5.75 Å². The van der Waals surface area contributed by atoms with E-state index in [-0.39, 0.29) is 5.91 Å². The fourth-order valence-corrected chi connectivity index (χ4v) is 4.43. The van der Waals surface area contributed by atoms with Crippen molar-refractivity contribution in [2.75, 3.05) is 38.6 Å². The number of carbonyl (C=O) groups excluding carboxylic acids is 1. The predicted octanol–water partition coefficient (Wildman–Crippen LogP) is 2.47. The highest BCUT2D eigenvalue weighted by Gasteiger charge is 2.23. The van der Waals surface area contributed by atoms with E-state index in [1.807, 2.05) is 48.5 Å². The summed E-state index contributed by atoms with van der Waals surface area (Å²) < 4.78 is 5.34. The zero-order chi connectivity index (χ0) is 23.2. The lowest BCUT2D eigenvalue weighted by molar-refractivity contribution is -0.115. The maximum Gasteiger partial charge on any atom is 0.238 e. The molecule has 1 fully saturated rings. The number of anilines is 1. The third-order valence-corrected chi connectivity index (χ3v) is 6.49. The van der Waals surface area contributed by atoms with Gasteiger partial charge in [0.15, 0.2) is 0 Å². The number of benzene rings is 2. The largest absolute Gasteiger partial charge is 0.497 e. The van der Waals surface area contributed by atoms with Gasteiger partial charge in [-0.2, -0.15) is 0 Å². The Bertz CT molecular complexity index is 1080. The maximum absolute atomic E-state index is 12.2. The normalized spacial score (nSPS) is 16.0. The summed E-state index contributed by atoms with van der Waals surface area (Å²) in [6.07, 6.45) is 3.01. The second kappa shape index (κ2) is 11.0. The second-order valence-electron chi connectivity index (χ2n) is 8.43. The molecule has 1 amide bonds. The molecule has 0 radical (unpaired) electrons. The zero-order valence-electron chi connectivity index (χ0n) is 18.8. The van der Waals surface area contributed by atoms with Crippen LogP contribution >= 0.6 is 9.24 Å². The number of carbonyl (C=O) groups is 1. The van der Waals surface area contributed by atoms with Crippen LogP contribution in [-0.2, 0) is 4.79 Å². The van der Waals surface area contributed by atoms with Crippen LogP contribution in [0.2, 0.25) is 0 Å². The van der Waals surface area contributed by atoms with Gasteiger partial charge < -0.3 is 25.4 Å². The number of rotatable bonds is 8. The van der Waals surface area contributed by atoms with Crippen LogP contribution in [0.4, 0.5) is 5.69 Å². The minimum atomic E-state index is -0.606. The fourth-order valence-electron chi connectivity index (χ4n) is 4.24. The number of likely N-dealkylation sites (tertiary alicyclic amines) is 1. The lowest BCUT2D eigenvalue weighted by atomic mass is 10.0. The van der Waals surface area contributed by atoms with Crippen molar-refractivity contribution in [2.45, 2.75) is 25.0 Å². The summed E-state index contributed by atoms with van der Waals surface area (Å²) in [5, 5.41) is 19.2. The predicted molar refractivity (Wildman–Crippen MR) is 135 cm³/mol. The molecule has 2 atom stereocenters. The summed E-state index contributed by atoms with van der Waals surface area (Å²) in [6.45, 7) is 2.60. The molecule has 3 N–H and O–H groups in total. The number of fused-ring (bicyclic) bond motifs is 1. The highest BCUT2D eigenvalue weighted by molar-refractivity contribution is 7.27. The van der Waals surface area contributed by atoms with E-state index in [4.69, 9.17) is 4.74 Å². The number of hydrogen-bond acceptors (Lipinski definition) is 6.